The van der Waals surface area contributed by atoms with Gasteiger partial charge in [0.25, 0.3) is 11.8 Å². The minimum absolute atomic E-state index is 0.00136. The van der Waals surface area contributed by atoms with Crippen LogP contribution in [0.2, 0.25) is 0 Å². The molecule has 1 aliphatic heterocycles. The minimum atomic E-state index is -1.46. The van der Waals surface area contributed by atoms with Gasteiger partial charge in [0.2, 0.25) is 29.4 Å². The zero-order valence-corrected chi connectivity index (χ0v) is 34.3. The second-order valence-electron chi connectivity index (χ2n) is 16.8. The van der Waals surface area contributed by atoms with Crippen molar-refractivity contribution in [1.29, 1.82) is 0 Å². The second kappa shape index (κ2) is 20.6. The van der Waals surface area contributed by atoms with E-state index in [-0.39, 0.29) is 19.4 Å². The van der Waals surface area contributed by atoms with Crippen LogP contribution >= 0.6 is 0 Å². The monoisotopic (exact) mass is 820 g/mol. The maximum atomic E-state index is 14.7. The summed E-state index contributed by atoms with van der Waals surface area (Å²) < 4.78 is 40.6. The SMILES string of the molecule is CCCC(NC(=O)C1CC(OC(C)(C)C)CN1C(=O)C(NC(=O)c1c(F)cccc1F)C1CCCCC1)C(=O)C(=O)NCC(=O)NC(CC(=O)OC(C)(C)C)C(N)=O. The second-order valence-corrected chi connectivity index (χ2v) is 16.8. The normalized spacial score (nSPS) is 18.9. The summed E-state index contributed by atoms with van der Waals surface area (Å²) in [5.74, 6) is -10.3. The van der Waals surface area contributed by atoms with Gasteiger partial charge in [0.15, 0.2) is 0 Å². The number of ketones is 1. The molecule has 322 valence electrons. The molecule has 5 unspecified atom stereocenters. The number of nitrogens with two attached hydrogens (primary N) is 1. The lowest BCUT2D eigenvalue weighted by molar-refractivity contribution is -0.156. The predicted molar refractivity (Wildman–Crippen MR) is 205 cm³/mol. The molecule has 0 aromatic heterocycles. The first-order valence-electron chi connectivity index (χ1n) is 19.7. The largest absolute Gasteiger partial charge is 0.460 e. The standard InChI is InChI=1S/C40H58F2N6O10/c1-8-13-26(33(51)37(55)44-20-29(49)45-27(34(43)52)19-30(50)58-40(5,6)7)46-35(53)28-18-23(57-39(2,3)4)21-48(28)38(56)32(22-14-10-9-11-15-22)47-36(54)31-24(41)16-12-17-25(31)42/h12,16-17,22-23,26-28,32H,8-11,13-15,18-21H2,1-7H3,(H2,43,52)(H,44,55)(H,45,49)(H,46,53)(H,47,54). The van der Waals surface area contributed by atoms with Crippen molar-refractivity contribution in [3.8, 4) is 0 Å². The summed E-state index contributed by atoms with van der Waals surface area (Å²) >= 11 is 0. The highest BCUT2D eigenvalue weighted by Gasteiger charge is 2.46. The summed E-state index contributed by atoms with van der Waals surface area (Å²) in [5.41, 5.74) is 2.93. The summed E-state index contributed by atoms with van der Waals surface area (Å²) in [6.45, 7) is 11.1. The molecule has 2 fully saturated rings. The minimum Gasteiger partial charge on any atom is -0.460 e. The van der Waals surface area contributed by atoms with Crippen LogP contribution < -0.4 is 27.0 Å². The molecule has 2 aliphatic rings. The maximum Gasteiger partial charge on any atom is 0.308 e. The van der Waals surface area contributed by atoms with Crippen molar-refractivity contribution in [2.45, 2.75) is 148 Å². The molecule has 3 rings (SSSR count). The topological polar surface area (TPSA) is 232 Å². The van der Waals surface area contributed by atoms with Crippen LogP contribution in [0, 0.1) is 17.6 Å². The van der Waals surface area contributed by atoms with E-state index in [1.807, 2.05) is 0 Å². The van der Waals surface area contributed by atoms with E-state index in [0.29, 0.717) is 19.3 Å². The van der Waals surface area contributed by atoms with E-state index >= 15 is 0 Å². The van der Waals surface area contributed by atoms with Crippen molar-refractivity contribution in [3.63, 3.8) is 0 Å². The fraction of sp³-hybridized carbons (Fsp3) is 0.650. The number of esters is 1. The third kappa shape index (κ3) is 14.1. The molecule has 0 bridgehead atoms. The van der Waals surface area contributed by atoms with Gasteiger partial charge in [0, 0.05) is 13.0 Å². The van der Waals surface area contributed by atoms with Crippen LogP contribution in [0.25, 0.3) is 0 Å². The molecule has 58 heavy (non-hydrogen) atoms. The van der Waals surface area contributed by atoms with Gasteiger partial charge in [-0.1, -0.05) is 38.7 Å². The van der Waals surface area contributed by atoms with Crippen LogP contribution in [0.1, 0.15) is 117 Å². The fourth-order valence-corrected chi connectivity index (χ4v) is 7.08. The average molecular weight is 821 g/mol. The molecule has 1 aromatic carbocycles. The number of carbonyl (C=O) groups is 8. The Morgan fingerprint density at radius 3 is 2.05 bits per heavy atom. The van der Waals surface area contributed by atoms with Crippen molar-refractivity contribution >= 4 is 47.2 Å². The summed E-state index contributed by atoms with van der Waals surface area (Å²) in [6.07, 6.45) is 2.57. The van der Waals surface area contributed by atoms with Crippen molar-refractivity contribution in [1.82, 2.24) is 26.2 Å². The first-order valence-corrected chi connectivity index (χ1v) is 19.7. The highest BCUT2D eigenvalue weighted by Crippen LogP contribution is 2.31. The molecule has 6 N–H and O–H groups in total. The Bertz CT molecular complexity index is 1680. The number of Topliss-reactive ketones (excluding diaryl/α,β-unsaturated/α-hetero) is 1. The van der Waals surface area contributed by atoms with Gasteiger partial charge in [0.05, 0.1) is 30.7 Å². The number of ether oxygens (including phenoxy) is 2. The maximum absolute atomic E-state index is 14.7. The van der Waals surface area contributed by atoms with Gasteiger partial charge >= 0.3 is 5.97 Å². The van der Waals surface area contributed by atoms with Gasteiger partial charge in [0.1, 0.15) is 40.9 Å². The molecule has 1 aliphatic carbocycles. The van der Waals surface area contributed by atoms with Crippen LogP contribution in [-0.2, 0) is 43.0 Å². The number of rotatable bonds is 17. The lowest BCUT2D eigenvalue weighted by Gasteiger charge is -2.35. The molecule has 0 radical (unpaired) electrons. The van der Waals surface area contributed by atoms with E-state index in [2.05, 4.69) is 21.3 Å². The number of halogens is 2. The Balaban J connectivity index is 1.79. The van der Waals surface area contributed by atoms with Crippen molar-refractivity contribution in [2.75, 3.05) is 13.1 Å². The third-order valence-corrected chi connectivity index (χ3v) is 9.55. The summed E-state index contributed by atoms with van der Waals surface area (Å²) in [7, 11) is 0. The molecule has 16 nitrogen and oxygen atoms in total. The van der Waals surface area contributed by atoms with Gasteiger partial charge in [-0.3, -0.25) is 38.4 Å². The van der Waals surface area contributed by atoms with Gasteiger partial charge in [-0.25, -0.2) is 8.78 Å². The summed E-state index contributed by atoms with van der Waals surface area (Å²) in [4.78, 5) is 106. The number of hydrogen-bond donors (Lipinski definition) is 5. The number of nitrogens with one attached hydrogen (secondary N) is 4. The van der Waals surface area contributed by atoms with E-state index in [9.17, 15) is 47.1 Å². The molecule has 1 saturated heterocycles. The lowest BCUT2D eigenvalue weighted by Crippen LogP contribution is -2.58. The Morgan fingerprint density at radius 2 is 1.50 bits per heavy atom. The molecule has 0 spiro atoms. The van der Waals surface area contributed by atoms with Gasteiger partial charge in [-0.15, -0.1) is 0 Å². The van der Waals surface area contributed by atoms with E-state index in [1.54, 1.807) is 48.5 Å². The Morgan fingerprint density at radius 1 is 0.879 bits per heavy atom. The zero-order chi connectivity index (χ0) is 43.5. The Labute approximate surface area is 337 Å². The van der Waals surface area contributed by atoms with Gasteiger partial charge in [-0.2, -0.15) is 0 Å². The number of benzene rings is 1. The van der Waals surface area contributed by atoms with Crippen LogP contribution in [0.5, 0.6) is 0 Å². The Kier molecular flexibility index (Phi) is 16.8. The molecule has 1 heterocycles. The lowest BCUT2D eigenvalue weighted by atomic mass is 9.83. The first-order chi connectivity index (χ1) is 27.0. The quantitative estimate of drug-likeness (QED) is 0.114. The summed E-state index contributed by atoms with van der Waals surface area (Å²) in [6, 6.07) is -2.35. The molecule has 6 amide bonds. The molecular weight excluding hydrogens is 762 g/mol. The smallest absolute Gasteiger partial charge is 0.308 e. The third-order valence-electron chi connectivity index (χ3n) is 9.55. The Hall–Kier alpha value is -5.00. The molecule has 1 saturated carbocycles. The van der Waals surface area contributed by atoms with E-state index in [0.717, 1.165) is 37.5 Å². The predicted octanol–water partition coefficient (Wildman–Crippen LogP) is 2.10. The number of likely N-dealkylation sites (tertiary alicyclic amines) is 1. The van der Waals surface area contributed by atoms with Crippen molar-refractivity contribution in [3.05, 3.63) is 35.4 Å². The number of nitrogens with zero attached hydrogens (tertiary/aromatic N) is 1. The van der Waals surface area contributed by atoms with Crippen LogP contribution in [-0.4, -0.2) is 107 Å². The highest BCUT2D eigenvalue weighted by molar-refractivity contribution is 6.38. The molecule has 18 heteroatoms. The van der Waals surface area contributed by atoms with Gasteiger partial charge < -0.3 is 41.4 Å². The van der Waals surface area contributed by atoms with E-state index < -0.39 is 125 Å². The molecule has 1 aromatic rings. The highest BCUT2D eigenvalue weighted by atomic mass is 19.1. The van der Waals surface area contributed by atoms with Crippen LogP contribution in [0.15, 0.2) is 18.2 Å². The first kappa shape index (κ1) is 47.4. The number of amides is 6. The van der Waals surface area contributed by atoms with E-state index in [1.165, 1.54) is 4.90 Å². The summed E-state index contributed by atoms with van der Waals surface area (Å²) in [5, 5.41) is 9.53. The van der Waals surface area contributed by atoms with E-state index in [4.69, 9.17) is 15.2 Å². The average Bonchev–Trinajstić information content (AvgIpc) is 3.53. The molecule has 5 atom stereocenters. The molecular formula is C40H58F2N6O10. The zero-order valence-electron chi connectivity index (χ0n) is 34.3. The number of hydrogen-bond acceptors (Lipinski definition) is 10. The number of primary amides is 1. The number of carbonyl (C=O) groups excluding carboxylic acids is 8. The fourth-order valence-electron chi connectivity index (χ4n) is 7.08. The van der Waals surface area contributed by atoms with Crippen LogP contribution in [0.4, 0.5) is 8.78 Å². The van der Waals surface area contributed by atoms with Gasteiger partial charge in [-0.05, 0) is 78.9 Å². The van der Waals surface area contributed by atoms with Crippen LogP contribution in [0.3, 0.4) is 0 Å². The van der Waals surface area contributed by atoms with Crippen molar-refractivity contribution in [2.24, 2.45) is 11.7 Å². The van der Waals surface area contributed by atoms with Crippen molar-refractivity contribution < 1.29 is 56.6 Å².